The number of aryl methyl sites for hydroxylation is 1. The van der Waals surface area contributed by atoms with Crippen LogP contribution in [0.2, 0.25) is 5.02 Å². The zero-order chi connectivity index (χ0) is 16.1. The average molecular weight is 325 g/mol. The minimum atomic E-state index is 0.507. The number of nitrogens with one attached hydrogen (secondary N) is 2. The predicted molar refractivity (Wildman–Crippen MR) is 95.3 cm³/mol. The third kappa shape index (κ3) is 4.20. The lowest BCUT2D eigenvalue weighted by atomic mass is 10.1. The summed E-state index contributed by atoms with van der Waals surface area (Å²) in [7, 11) is 0. The summed E-state index contributed by atoms with van der Waals surface area (Å²) in [5, 5.41) is 7.06. The molecule has 1 heterocycles. The summed E-state index contributed by atoms with van der Waals surface area (Å²) in [6.07, 6.45) is 1.71. The van der Waals surface area contributed by atoms with Crippen LogP contribution in [-0.4, -0.2) is 9.97 Å². The van der Waals surface area contributed by atoms with Gasteiger partial charge in [-0.3, -0.25) is 0 Å². The normalized spacial score (nSPS) is 10.3. The van der Waals surface area contributed by atoms with Gasteiger partial charge in [0.15, 0.2) is 0 Å². The molecule has 1 aromatic heterocycles. The molecule has 2 aromatic carbocycles. The van der Waals surface area contributed by atoms with Crippen LogP contribution in [0.5, 0.6) is 0 Å². The van der Waals surface area contributed by atoms with Crippen LogP contribution in [0.1, 0.15) is 11.1 Å². The zero-order valence-corrected chi connectivity index (χ0v) is 13.5. The number of hydrogen-bond acceptors (Lipinski definition) is 4. The Morgan fingerprint density at radius 1 is 1.04 bits per heavy atom. The van der Waals surface area contributed by atoms with Crippen LogP contribution in [0.3, 0.4) is 0 Å². The summed E-state index contributed by atoms with van der Waals surface area (Å²) in [6.45, 7) is 2.80. The van der Waals surface area contributed by atoms with E-state index in [1.165, 1.54) is 11.1 Å². The van der Waals surface area contributed by atoms with Crippen LogP contribution in [0.4, 0.5) is 17.5 Å². The van der Waals surface area contributed by atoms with Crippen LogP contribution >= 0.6 is 11.6 Å². The van der Waals surface area contributed by atoms with Gasteiger partial charge in [-0.05, 0) is 30.7 Å². The lowest BCUT2D eigenvalue weighted by Gasteiger charge is -2.09. The third-order valence-electron chi connectivity index (χ3n) is 3.33. The van der Waals surface area contributed by atoms with Crippen molar-refractivity contribution in [3.63, 3.8) is 0 Å². The maximum absolute atomic E-state index is 6.14. The van der Waals surface area contributed by atoms with Gasteiger partial charge in [-0.2, -0.15) is 4.98 Å². The maximum Gasteiger partial charge on any atom is 0.229 e. The second-order valence-electron chi connectivity index (χ2n) is 5.21. The number of rotatable bonds is 5. The molecule has 0 aliphatic heterocycles. The van der Waals surface area contributed by atoms with Crippen molar-refractivity contribution in [1.82, 2.24) is 9.97 Å². The Balaban J connectivity index is 1.69. The molecule has 0 atom stereocenters. The third-order valence-corrected chi connectivity index (χ3v) is 3.66. The first-order valence-corrected chi connectivity index (χ1v) is 7.72. The first-order valence-electron chi connectivity index (χ1n) is 7.35. The Kier molecular flexibility index (Phi) is 4.74. The van der Waals surface area contributed by atoms with E-state index in [0.29, 0.717) is 17.5 Å². The van der Waals surface area contributed by atoms with Gasteiger partial charge in [0.05, 0.1) is 10.7 Å². The summed E-state index contributed by atoms with van der Waals surface area (Å²) in [5.41, 5.74) is 3.24. The van der Waals surface area contributed by atoms with Gasteiger partial charge in [-0.25, -0.2) is 4.98 Å². The quantitative estimate of drug-likeness (QED) is 0.708. The van der Waals surface area contributed by atoms with Crippen molar-refractivity contribution in [1.29, 1.82) is 0 Å². The highest BCUT2D eigenvalue weighted by Gasteiger charge is 2.03. The zero-order valence-electron chi connectivity index (χ0n) is 12.8. The van der Waals surface area contributed by atoms with Gasteiger partial charge in [-0.1, -0.05) is 53.6 Å². The molecule has 116 valence electrons. The van der Waals surface area contributed by atoms with Gasteiger partial charge >= 0.3 is 0 Å². The molecular weight excluding hydrogens is 308 g/mol. The van der Waals surface area contributed by atoms with Crippen LogP contribution in [0.15, 0.2) is 60.8 Å². The molecule has 5 heteroatoms. The lowest BCUT2D eigenvalue weighted by Crippen LogP contribution is -2.04. The number of hydrogen-bond donors (Lipinski definition) is 2. The molecule has 2 N–H and O–H groups in total. The number of aromatic nitrogens is 2. The number of para-hydroxylation sites is 1. The molecule has 0 unspecified atom stereocenters. The number of benzene rings is 2. The fraction of sp³-hybridized carbons (Fsp3) is 0.111. The molecule has 0 fully saturated rings. The summed E-state index contributed by atoms with van der Waals surface area (Å²) in [5.74, 6) is 1.27. The average Bonchev–Trinajstić information content (AvgIpc) is 2.56. The van der Waals surface area contributed by atoms with Crippen LogP contribution < -0.4 is 10.6 Å². The molecule has 3 rings (SSSR count). The van der Waals surface area contributed by atoms with Gasteiger partial charge in [0, 0.05) is 12.7 Å². The van der Waals surface area contributed by atoms with E-state index in [1.54, 1.807) is 6.20 Å². The van der Waals surface area contributed by atoms with Crippen LogP contribution in [0.25, 0.3) is 0 Å². The fourth-order valence-corrected chi connectivity index (χ4v) is 2.40. The van der Waals surface area contributed by atoms with Gasteiger partial charge in [0.1, 0.15) is 5.82 Å². The van der Waals surface area contributed by atoms with E-state index in [4.69, 9.17) is 11.6 Å². The van der Waals surface area contributed by atoms with Crippen LogP contribution in [-0.2, 0) is 6.54 Å². The van der Waals surface area contributed by atoms with E-state index in [9.17, 15) is 0 Å². The van der Waals surface area contributed by atoms with Gasteiger partial charge < -0.3 is 10.6 Å². The van der Waals surface area contributed by atoms with Gasteiger partial charge in [-0.15, -0.1) is 0 Å². The van der Waals surface area contributed by atoms with Crippen molar-refractivity contribution < 1.29 is 0 Å². The van der Waals surface area contributed by atoms with Crippen molar-refractivity contribution in [3.8, 4) is 0 Å². The molecule has 0 radical (unpaired) electrons. The second kappa shape index (κ2) is 7.11. The molecule has 0 saturated carbocycles. The summed E-state index contributed by atoms with van der Waals surface area (Å²) >= 11 is 6.14. The maximum atomic E-state index is 6.14. The van der Waals surface area contributed by atoms with E-state index < -0.39 is 0 Å². The van der Waals surface area contributed by atoms with Crippen molar-refractivity contribution in [2.45, 2.75) is 13.5 Å². The van der Waals surface area contributed by atoms with E-state index >= 15 is 0 Å². The van der Waals surface area contributed by atoms with Crippen molar-refractivity contribution in [2.75, 3.05) is 10.6 Å². The molecule has 0 amide bonds. The van der Waals surface area contributed by atoms with Crippen molar-refractivity contribution >= 4 is 29.1 Å². The van der Waals surface area contributed by atoms with Crippen molar-refractivity contribution in [3.05, 3.63) is 76.9 Å². The first-order chi connectivity index (χ1) is 11.2. The molecule has 0 spiro atoms. The second-order valence-corrected chi connectivity index (χ2v) is 5.62. The molecule has 3 aromatic rings. The molecule has 0 saturated heterocycles. The highest BCUT2D eigenvalue weighted by molar-refractivity contribution is 6.33. The van der Waals surface area contributed by atoms with Crippen molar-refractivity contribution in [2.24, 2.45) is 0 Å². The number of nitrogens with zero attached hydrogens (tertiary/aromatic N) is 2. The highest BCUT2D eigenvalue weighted by atomic mass is 35.5. The van der Waals surface area contributed by atoms with Crippen LogP contribution in [0, 0.1) is 6.92 Å². The number of anilines is 3. The summed E-state index contributed by atoms with van der Waals surface area (Å²) in [6, 6.07) is 17.7. The number of halogens is 1. The van der Waals surface area contributed by atoms with E-state index in [0.717, 1.165) is 11.5 Å². The highest BCUT2D eigenvalue weighted by Crippen LogP contribution is 2.23. The Morgan fingerprint density at radius 2 is 1.91 bits per heavy atom. The Hall–Kier alpha value is -2.59. The van der Waals surface area contributed by atoms with E-state index in [1.807, 2.05) is 30.3 Å². The molecule has 23 heavy (non-hydrogen) atoms. The van der Waals surface area contributed by atoms with Gasteiger partial charge in [0.2, 0.25) is 5.95 Å². The lowest BCUT2D eigenvalue weighted by molar-refractivity contribution is 1.08. The van der Waals surface area contributed by atoms with E-state index in [2.05, 4.69) is 51.8 Å². The molecule has 0 aliphatic rings. The summed E-state index contributed by atoms with van der Waals surface area (Å²) in [4.78, 5) is 8.68. The molecule has 0 aliphatic carbocycles. The Morgan fingerprint density at radius 3 is 2.74 bits per heavy atom. The predicted octanol–water partition coefficient (Wildman–Crippen LogP) is 4.79. The minimum Gasteiger partial charge on any atom is -0.366 e. The largest absolute Gasteiger partial charge is 0.366 e. The molecule has 4 nitrogen and oxygen atoms in total. The Labute approximate surface area is 140 Å². The topological polar surface area (TPSA) is 49.8 Å². The minimum absolute atomic E-state index is 0.507. The SMILES string of the molecule is Cc1cccc(CNc2ccnc(Nc3ccccc3Cl)n2)c1. The fourth-order valence-electron chi connectivity index (χ4n) is 2.22. The van der Waals surface area contributed by atoms with E-state index in [-0.39, 0.29) is 0 Å². The Bertz CT molecular complexity index is 804. The molecule has 0 bridgehead atoms. The van der Waals surface area contributed by atoms with Gasteiger partial charge in [0.25, 0.3) is 0 Å². The smallest absolute Gasteiger partial charge is 0.229 e. The molecular formula is C18H17ClN4. The summed E-state index contributed by atoms with van der Waals surface area (Å²) < 4.78 is 0. The monoisotopic (exact) mass is 324 g/mol. The standard InChI is InChI=1S/C18H17ClN4/c1-13-5-4-6-14(11-13)12-21-17-9-10-20-18(23-17)22-16-8-3-2-7-15(16)19/h2-11H,12H2,1H3,(H2,20,21,22,23). The first kappa shape index (κ1) is 15.3.